The molecule has 0 amide bonds. The normalized spacial score (nSPS) is 16.6. The summed E-state index contributed by atoms with van der Waals surface area (Å²) in [5.41, 5.74) is 0.454. The topological polar surface area (TPSA) is 390 Å². The fourth-order valence-electron chi connectivity index (χ4n) is 12.6. The molecule has 0 saturated heterocycles. The number of hydrogen-bond acceptors (Lipinski definition) is 30. The van der Waals surface area contributed by atoms with Crippen LogP contribution in [-0.2, 0) is 70.4 Å². The Labute approximate surface area is 654 Å². The molecule has 2 unspecified atom stereocenters. The summed E-state index contributed by atoms with van der Waals surface area (Å²) in [6.45, 7) is 7.45. The maximum absolute atomic E-state index is 12.1. The number of ketones is 2. The number of methoxy groups -OCH3 is 9. The number of Topliss-reactive ketones (excluding diaryl/α,β-unsaturated/α-hetero) is 2. The van der Waals surface area contributed by atoms with Crippen LogP contribution >= 0.6 is 0 Å². The van der Waals surface area contributed by atoms with Crippen molar-refractivity contribution in [3.05, 3.63) is 101 Å². The molecule has 576 valence electrons. The predicted octanol–water partition coefficient (Wildman–Crippen LogP) is 6.55. The Kier molecular flexibility index (Phi) is 33.6. The third kappa shape index (κ3) is 20.9. The molecule has 0 radical (unpaired) electrons. The van der Waals surface area contributed by atoms with E-state index < -0.39 is 46.0 Å². The van der Waals surface area contributed by atoms with Crippen LogP contribution < -0.4 is 101 Å². The molecule has 12 rings (SSSR count). The van der Waals surface area contributed by atoms with Crippen LogP contribution in [0.4, 0.5) is 0 Å². The summed E-state index contributed by atoms with van der Waals surface area (Å²) in [6.07, 6.45) is 5.00. The van der Waals surface area contributed by atoms with Crippen LogP contribution in [0, 0.1) is 51.2 Å². The molecule has 2 atom stereocenters. The van der Waals surface area contributed by atoms with Gasteiger partial charge in [-0.1, -0.05) is 12.6 Å². The summed E-state index contributed by atoms with van der Waals surface area (Å²) in [4.78, 5) is 79.5. The van der Waals surface area contributed by atoms with E-state index in [0.717, 1.165) is 23.5 Å². The fourth-order valence-corrected chi connectivity index (χ4v) is 12.6. The first-order valence-corrected chi connectivity index (χ1v) is 34.2. The van der Waals surface area contributed by atoms with E-state index in [2.05, 4.69) is 35.6 Å². The number of carbonyl (C=O) groups is 7. The van der Waals surface area contributed by atoms with Gasteiger partial charge in [-0.15, -0.1) is 0 Å². The van der Waals surface area contributed by atoms with E-state index in [-0.39, 0.29) is 81.1 Å². The Morgan fingerprint density at radius 1 is 0.495 bits per heavy atom. The van der Waals surface area contributed by atoms with Crippen LogP contribution in [0.25, 0.3) is 0 Å². The smallest absolute Gasteiger partial charge is 1.00 e. The van der Waals surface area contributed by atoms with E-state index in [0.29, 0.717) is 208 Å². The van der Waals surface area contributed by atoms with Gasteiger partial charge in [-0.05, 0) is 93.1 Å². The van der Waals surface area contributed by atoms with Crippen LogP contribution in [-0.4, -0.2) is 172 Å². The molecule has 0 bridgehead atoms. The van der Waals surface area contributed by atoms with Crippen molar-refractivity contribution in [3.63, 3.8) is 0 Å². The second-order valence-electron chi connectivity index (χ2n) is 24.2. The average Bonchev–Trinajstić information content (AvgIpc) is 0.762. The van der Waals surface area contributed by atoms with Gasteiger partial charge < -0.3 is 91.4 Å². The van der Waals surface area contributed by atoms with E-state index in [1.54, 1.807) is 69.9 Å². The SMILES string of the molecule is C=CC(=O)OC.COC(=O)C1CC(C#N)(c2ccc(OC)c3c2OCCO3)CCC1=O.COC(=O)CCC(C#N)(CCC(=O)OC)c1ccc(OC)c2c1OCCO2.COc1ccc(C2(C#N)CCC(=O)CC2)c2c1OCCO2.COc1ccc(C=O)c2c1OCCO2.COc1ccc(CC#N)c2c1OCCO2.[H-].[Na+]. The van der Waals surface area contributed by atoms with Gasteiger partial charge in [0.25, 0.3) is 0 Å². The first kappa shape index (κ1) is 86.6. The third-order valence-corrected chi connectivity index (χ3v) is 18.3. The molecule has 2 saturated carbocycles. The number of benzene rings is 5. The number of fused-ring (bicyclic) bond motifs is 5. The van der Waals surface area contributed by atoms with E-state index in [1.165, 1.54) is 42.7 Å². The van der Waals surface area contributed by atoms with Crippen LogP contribution in [0.5, 0.6) is 86.2 Å². The van der Waals surface area contributed by atoms with Crippen molar-refractivity contribution in [2.75, 3.05) is 130 Å². The van der Waals surface area contributed by atoms with Gasteiger partial charge in [-0.2, -0.15) is 21.0 Å². The van der Waals surface area contributed by atoms with E-state index >= 15 is 0 Å². The maximum atomic E-state index is 12.1. The Balaban J connectivity index is 0.000000244. The van der Waals surface area contributed by atoms with Crippen molar-refractivity contribution in [2.45, 2.75) is 93.3 Å². The van der Waals surface area contributed by atoms with E-state index in [1.807, 2.05) is 12.1 Å². The molecule has 2 aliphatic carbocycles. The summed E-state index contributed by atoms with van der Waals surface area (Å²) in [7, 11) is 12.9. The maximum Gasteiger partial charge on any atom is 1.00 e. The Morgan fingerprint density at radius 2 is 0.881 bits per heavy atom. The molecule has 5 aromatic rings. The zero-order valence-electron chi connectivity index (χ0n) is 63.7. The van der Waals surface area contributed by atoms with Crippen LogP contribution in [0.3, 0.4) is 0 Å². The number of nitriles is 4. The number of hydrogen-bond donors (Lipinski definition) is 0. The zero-order chi connectivity index (χ0) is 78.4. The molecule has 109 heavy (non-hydrogen) atoms. The van der Waals surface area contributed by atoms with Gasteiger partial charge in [0.2, 0.25) is 28.7 Å². The van der Waals surface area contributed by atoms with Gasteiger partial charge >= 0.3 is 53.4 Å². The number of rotatable bonds is 18. The van der Waals surface area contributed by atoms with E-state index in [4.69, 9.17) is 90.5 Å². The van der Waals surface area contributed by atoms with Crippen molar-refractivity contribution in [1.29, 1.82) is 21.0 Å². The molecular formula is C78H87N4NaO26. The van der Waals surface area contributed by atoms with Gasteiger partial charge in [-0.3, -0.25) is 28.8 Å². The Hall–Kier alpha value is -11.3. The molecule has 2 fully saturated rings. The summed E-state index contributed by atoms with van der Waals surface area (Å²) in [5.74, 6) is 5.16. The molecule has 5 aliphatic heterocycles. The quantitative estimate of drug-likeness (QED) is 0.0224. The largest absolute Gasteiger partial charge is 1.00 e. The second kappa shape index (κ2) is 42.3. The molecule has 30 nitrogen and oxygen atoms in total. The molecular weight excluding hydrogens is 1430 g/mol. The molecule has 0 N–H and O–H groups in total. The van der Waals surface area contributed by atoms with Gasteiger partial charge in [0.05, 0.1) is 116 Å². The van der Waals surface area contributed by atoms with E-state index in [9.17, 15) is 49.3 Å². The molecule has 0 spiro atoms. The standard InChI is InChI=1S/C19H23NO7.C18H19NO6.C16H17NO4.C11H11NO3.C10H10O4.C4H6O2.Na.H/c1-23-14-5-4-13(17-18(14)27-11-10-26-17)19(12-20,8-6-15(21)24-2)9-7-16(22)25-3;1-22-14-4-3-12(15-16(14)25-8-7-24-15)18(10-19)6-5-13(20)11(9-18)17(21)23-2;1-19-13-3-2-12(14-15(13)21-9-8-20-14)16(10-17)6-4-11(18)5-7-16;1-13-9-3-2-8(4-5-12)10-11(9)15-7-6-14-10;1-12-8-3-2-7(6-11)9-10(8)14-5-4-13-9;1-3-4(5)6-2;;/h4-5H,6-11H2,1-3H3;3-4,11H,5-9H2,1-2H3;2-3H,4-9H2,1H3;2-3H,4,6-7H2,1H3;2-3,6H,4-5H2,1H3;3H,1H2,2H3;;/q;;;;;;+1;-1. The summed E-state index contributed by atoms with van der Waals surface area (Å²) in [5, 5.41) is 38.4. The van der Waals surface area contributed by atoms with Crippen molar-refractivity contribution in [3.8, 4) is 111 Å². The van der Waals surface area contributed by atoms with Gasteiger partial charge in [0, 0.05) is 60.4 Å². The average molecular weight is 1520 g/mol. The van der Waals surface area contributed by atoms with Crippen LogP contribution in [0.1, 0.15) is 105 Å². The minimum atomic E-state index is -1.15. The minimum Gasteiger partial charge on any atom is -1.00 e. The predicted molar refractivity (Wildman–Crippen MR) is 380 cm³/mol. The number of aldehydes is 1. The first-order valence-electron chi connectivity index (χ1n) is 34.2. The van der Waals surface area contributed by atoms with Gasteiger partial charge in [0.15, 0.2) is 63.8 Å². The first-order chi connectivity index (χ1) is 52.3. The molecule has 5 heterocycles. The van der Waals surface area contributed by atoms with Crippen molar-refractivity contribution < 1.29 is 155 Å². The number of ether oxygens (including phenoxy) is 19. The Bertz CT molecular complexity index is 4220. The minimum absolute atomic E-state index is 0. The second-order valence-corrected chi connectivity index (χ2v) is 24.2. The van der Waals surface area contributed by atoms with Crippen LogP contribution in [0.15, 0.2) is 73.3 Å². The number of nitrogens with zero attached hydrogens (tertiary/aromatic N) is 4. The third-order valence-electron chi connectivity index (χ3n) is 18.3. The van der Waals surface area contributed by atoms with Crippen molar-refractivity contribution in [1.82, 2.24) is 0 Å². The molecule has 5 aromatic carbocycles. The summed E-state index contributed by atoms with van der Waals surface area (Å²) >= 11 is 0. The Morgan fingerprint density at radius 3 is 1.28 bits per heavy atom. The van der Waals surface area contributed by atoms with Gasteiger partial charge in [-0.25, -0.2) is 4.79 Å². The fraction of sp³-hybridized carbons (Fsp3) is 0.449. The summed E-state index contributed by atoms with van der Waals surface area (Å²) < 4.78 is 100. The van der Waals surface area contributed by atoms with Crippen molar-refractivity contribution >= 4 is 41.7 Å². The van der Waals surface area contributed by atoms with Crippen LogP contribution in [0.2, 0.25) is 0 Å². The van der Waals surface area contributed by atoms with Crippen molar-refractivity contribution in [2.24, 2.45) is 5.92 Å². The number of esters is 4. The van der Waals surface area contributed by atoms with Gasteiger partial charge in [0.1, 0.15) is 83.6 Å². The number of carbonyl (C=O) groups excluding carboxylic acids is 7. The molecule has 0 aromatic heterocycles. The molecule has 31 heteroatoms. The summed E-state index contributed by atoms with van der Waals surface area (Å²) in [6, 6.07) is 26.6. The zero-order valence-corrected chi connectivity index (χ0v) is 64.7. The molecule has 7 aliphatic rings. The monoisotopic (exact) mass is 1520 g/mol.